The number of nitrogens with one attached hydrogen (secondary N) is 1. The Hall–Kier alpha value is -3.07. The van der Waals surface area contributed by atoms with E-state index in [9.17, 15) is 18.0 Å². The SMILES string of the molecule is CN(C)c1ccc(NC(=O)CCc2nc(-c3ccc(Cl)cc3)no2)c(C(F)(F)F)c1. The van der Waals surface area contributed by atoms with Crippen LogP contribution in [0.15, 0.2) is 47.0 Å². The summed E-state index contributed by atoms with van der Waals surface area (Å²) in [6.07, 6.45) is -4.63. The van der Waals surface area contributed by atoms with Crippen LogP contribution in [0.25, 0.3) is 11.4 Å². The maximum atomic E-state index is 13.4. The van der Waals surface area contributed by atoms with Gasteiger partial charge in [-0.15, -0.1) is 0 Å². The number of hydrogen-bond acceptors (Lipinski definition) is 5. The van der Waals surface area contributed by atoms with Crippen molar-refractivity contribution in [1.82, 2.24) is 10.1 Å². The van der Waals surface area contributed by atoms with Crippen molar-refractivity contribution in [2.24, 2.45) is 0 Å². The van der Waals surface area contributed by atoms with Gasteiger partial charge in [-0.2, -0.15) is 18.2 Å². The van der Waals surface area contributed by atoms with Crippen molar-refractivity contribution in [3.05, 3.63) is 58.9 Å². The summed E-state index contributed by atoms with van der Waals surface area (Å²) in [5.74, 6) is -0.0563. The number of hydrogen-bond donors (Lipinski definition) is 1. The molecule has 0 aliphatic heterocycles. The molecule has 0 saturated heterocycles. The van der Waals surface area contributed by atoms with Gasteiger partial charge in [0.15, 0.2) is 0 Å². The maximum absolute atomic E-state index is 13.4. The summed E-state index contributed by atoms with van der Waals surface area (Å²) in [6, 6.07) is 10.5. The second-order valence-electron chi connectivity index (χ2n) is 6.69. The molecule has 0 saturated carbocycles. The molecule has 6 nitrogen and oxygen atoms in total. The normalized spacial score (nSPS) is 11.4. The van der Waals surface area contributed by atoms with Crippen molar-refractivity contribution in [2.75, 3.05) is 24.3 Å². The average Bonchev–Trinajstić information content (AvgIpc) is 3.15. The van der Waals surface area contributed by atoms with Gasteiger partial charge in [-0.05, 0) is 42.5 Å². The summed E-state index contributed by atoms with van der Waals surface area (Å²) < 4.78 is 45.2. The van der Waals surface area contributed by atoms with Crippen molar-refractivity contribution in [2.45, 2.75) is 19.0 Å². The number of aryl methyl sites for hydroxylation is 1. The molecular formula is C20H18ClF3N4O2. The molecule has 0 spiro atoms. The highest BCUT2D eigenvalue weighted by Gasteiger charge is 2.34. The molecule has 10 heteroatoms. The van der Waals surface area contributed by atoms with Crippen molar-refractivity contribution >= 4 is 28.9 Å². The lowest BCUT2D eigenvalue weighted by Crippen LogP contribution is -2.18. The van der Waals surface area contributed by atoms with Crippen molar-refractivity contribution < 1.29 is 22.5 Å². The third-order valence-electron chi connectivity index (χ3n) is 4.24. The third-order valence-corrected chi connectivity index (χ3v) is 4.49. The number of carbonyl (C=O) groups excluding carboxylic acids is 1. The first-order valence-corrected chi connectivity index (χ1v) is 9.28. The van der Waals surface area contributed by atoms with E-state index >= 15 is 0 Å². The lowest BCUT2D eigenvalue weighted by Gasteiger charge is -2.18. The Labute approximate surface area is 175 Å². The van der Waals surface area contributed by atoms with Gasteiger partial charge in [-0.1, -0.05) is 16.8 Å². The van der Waals surface area contributed by atoms with E-state index in [4.69, 9.17) is 16.1 Å². The highest BCUT2D eigenvalue weighted by molar-refractivity contribution is 6.30. The first-order valence-electron chi connectivity index (χ1n) is 8.90. The fourth-order valence-corrected chi connectivity index (χ4v) is 2.79. The summed E-state index contributed by atoms with van der Waals surface area (Å²) in [6.45, 7) is 0. The predicted molar refractivity (Wildman–Crippen MR) is 107 cm³/mol. The minimum Gasteiger partial charge on any atom is -0.378 e. The number of amides is 1. The molecule has 30 heavy (non-hydrogen) atoms. The Kier molecular flexibility index (Phi) is 6.31. The summed E-state index contributed by atoms with van der Waals surface area (Å²) in [5.41, 5.74) is -0.147. The van der Waals surface area contributed by atoms with Gasteiger partial charge in [0.2, 0.25) is 17.6 Å². The van der Waals surface area contributed by atoms with E-state index in [1.54, 1.807) is 43.3 Å². The molecule has 158 valence electrons. The maximum Gasteiger partial charge on any atom is 0.418 e. The molecular weight excluding hydrogens is 421 g/mol. The van der Waals surface area contributed by atoms with E-state index < -0.39 is 17.6 Å². The zero-order valence-electron chi connectivity index (χ0n) is 16.1. The number of alkyl halides is 3. The Morgan fingerprint density at radius 2 is 1.87 bits per heavy atom. The van der Waals surface area contributed by atoms with Crippen molar-refractivity contribution in [3.63, 3.8) is 0 Å². The molecule has 0 bridgehead atoms. The molecule has 3 rings (SSSR count). The molecule has 0 unspecified atom stereocenters. The standard InChI is InChI=1S/C20H18ClF3N4O2/c1-28(2)14-7-8-16(15(11-14)20(22,23)24)25-17(29)9-10-18-26-19(27-30-18)12-3-5-13(21)6-4-12/h3-8,11H,9-10H2,1-2H3,(H,25,29). The van der Waals surface area contributed by atoms with E-state index in [1.807, 2.05) is 0 Å². The van der Waals surface area contributed by atoms with Gasteiger partial charge in [0.05, 0.1) is 11.3 Å². The zero-order valence-corrected chi connectivity index (χ0v) is 16.9. The number of aromatic nitrogens is 2. The number of halogens is 4. The molecule has 1 N–H and O–H groups in total. The molecule has 1 amide bonds. The second-order valence-corrected chi connectivity index (χ2v) is 7.13. The minimum atomic E-state index is -4.60. The van der Waals surface area contributed by atoms with Crippen LogP contribution in [-0.2, 0) is 17.4 Å². The second kappa shape index (κ2) is 8.74. The topological polar surface area (TPSA) is 71.3 Å². The average molecular weight is 439 g/mol. The lowest BCUT2D eigenvalue weighted by molar-refractivity contribution is -0.136. The van der Waals surface area contributed by atoms with Gasteiger partial charge in [0, 0.05) is 43.2 Å². The third kappa shape index (κ3) is 5.29. The quantitative estimate of drug-likeness (QED) is 0.583. The van der Waals surface area contributed by atoms with Crippen molar-refractivity contribution in [1.29, 1.82) is 0 Å². The Bertz CT molecular complexity index is 1030. The highest BCUT2D eigenvalue weighted by Crippen LogP contribution is 2.37. The van der Waals surface area contributed by atoms with E-state index in [0.29, 0.717) is 22.1 Å². The van der Waals surface area contributed by atoms with Crippen LogP contribution in [0.5, 0.6) is 0 Å². The van der Waals surface area contributed by atoms with Crippen LogP contribution in [0.4, 0.5) is 24.5 Å². The molecule has 0 aliphatic carbocycles. The van der Waals surface area contributed by atoms with Gasteiger partial charge in [0.1, 0.15) is 0 Å². The molecule has 0 radical (unpaired) electrons. The van der Waals surface area contributed by atoms with Crippen LogP contribution >= 0.6 is 11.6 Å². The lowest BCUT2D eigenvalue weighted by atomic mass is 10.1. The fourth-order valence-electron chi connectivity index (χ4n) is 2.66. The van der Waals surface area contributed by atoms with E-state index in [-0.39, 0.29) is 24.4 Å². The predicted octanol–water partition coefficient (Wildman–Crippen LogP) is 5.05. The molecule has 2 aromatic carbocycles. The molecule has 0 aliphatic rings. The van der Waals surface area contributed by atoms with Gasteiger partial charge in [0.25, 0.3) is 0 Å². The zero-order chi connectivity index (χ0) is 21.9. The number of rotatable bonds is 6. The summed E-state index contributed by atoms with van der Waals surface area (Å²) >= 11 is 5.84. The molecule has 0 fully saturated rings. The Morgan fingerprint density at radius 3 is 2.50 bits per heavy atom. The first-order chi connectivity index (χ1) is 14.1. The first kappa shape index (κ1) is 21.6. The highest BCUT2D eigenvalue weighted by atomic mass is 35.5. The van der Waals surface area contributed by atoms with Crippen LogP contribution in [0.2, 0.25) is 5.02 Å². The molecule has 1 aromatic heterocycles. The number of nitrogens with zero attached hydrogens (tertiary/aromatic N) is 3. The molecule has 1 heterocycles. The van der Waals surface area contributed by atoms with Crippen LogP contribution in [0.3, 0.4) is 0 Å². The number of benzene rings is 2. The van der Waals surface area contributed by atoms with Gasteiger partial charge in [-0.25, -0.2) is 0 Å². The van der Waals surface area contributed by atoms with E-state index in [0.717, 1.165) is 6.07 Å². The summed E-state index contributed by atoms with van der Waals surface area (Å²) in [4.78, 5) is 17.9. The number of carbonyl (C=O) groups is 1. The van der Waals surface area contributed by atoms with Crippen LogP contribution in [0.1, 0.15) is 17.9 Å². The smallest absolute Gasteiger partial charge is 0.378 e. The van der Waals surface area contributed by atoms with Gasteiger partial charge < -0.3 is 14.7 Å². The molecule has 3 aromatic rings. The van der Waals surface area contributed by atoms with E-state index in [1.165, 1.54) is 12.1 Å². The van der Waals surface area contributed by atoms with Crippen LogP contribution in [0, 0.1) is 0 Å². The van der Waals surface area contributed by atoms with Crippen molar-refractivity contribution in [3.8, 4) is 11.4 Å². The summed E-state index contributed by atoms with van der Waals surface area (Å²) in [7, 11) is 3.27. The Balaban J connectivity index is 1.66. The number of anilines is 2. The van der Waals surface area contributed by atoms with Crippen LogP contribution in [-0.4, -0.2) is 30.1 Å². The van der Waals surface area contributed by atoms with Gasteiger partial charge >= 0.3 is 6.18 Å². The largest absolute Gasteiger partial charge is 0.418 e. The Morgan fingerprint density at radius 1 is 1.17 bits per heavy atom. The van der Waals surface area contributed by atoms with Crippen LogP contribution < -0.4 is 10.2 Å². The monoisotopic (exact) mass is 438 g/mol. The fraction of sp³-hybridized carbons (Fsp3) is 0.250. The minimum absolute atomic E-state index is 0.0869. The van der Waals surface area contributed by atoms with E-state index in [2.05, 4.69) is 15.5 Å². The van der Waals surface area contributed by atoms with Gasteiger partial charge in [-0.3, -0.25) is 4.79 Å². The molecule has 0 atom stereocenters. The summed E-state index contributed by atoms with van der Waals surface area (Å²) in [5, 5.41) is 6.72.